The molecular weight excluding hydrogens is 476 g/mol. The number of carbonyl (C=O) groups is 2. The number of amides is 2. The van der Waals surface area contributed by atoms with Crippen molar-refractivity contribution in [3.8, 4) is 0 Å². The van der Waals surface area contributed by atoms with Gasteiger partial charge < -0.3 is 9.80 Å². The van der Waals surface area contributed by atoms with Gasteiger partial charge in [0.2, 0.25) is 10.0 Å². The van der Waals surface area contributed by atoms with Crippen molar-refractivity contribution >= 4 is 33.4 Å². The summed E-state index contributed by atoms with van der Waals surface area (Å²) < 4.78 is 54.5. The molecule has 7 nitrogen and oxygen atoms in total. The van der Waals surface area contributed by atoms with Gasteiger partial charge in [0.05, 0.1) is 21.0 Å². The second-order valence-electron chi connectivity index (χ2n) is 7.44. The highest BCUT2D eigenvalue weighted by molar-refractivity contribution is 7.89. The minimum absolute atomic E-state index is 0.00759. The van der Waals surface area contributed by atoms with Crippen LogP contribution in [-0.2, 0) is 10.0 Å². The topological polar surface area (TPSA) is 78.0 Å². The van der Waals surface area contributed by atoms with Crippen LogP contribution in [0.15, 0.2) is 41.3 Å². The Labute approximate surface area is 196 Å². The minimum atomic E-state index is -3.86. The summed E-state index contributed by atoms with van der Waals surface area (Å²) in [6.07, 6.45) is 0. The number of hydrogen-bond acceptors (Lipinski definition) is 4. The second kappa shape index (κ2) is 10.1. The lowest BCUT2D eigenvalue weighted by Gasteiger charge is -2.35. The van der Waals surface area contributed by atoms with Gasteiger partial charge in [-0.05, 0) is 36.4 Å². The van der Waals surface area contributed by atoms with Crippen LogP contribution in [0.3, 0.4) is 0 Å². The standard InChI is InChI=1S/C22H24ClF2N3O4S/c1-3-28(4-2)33(31,32)16-6-8-20(25)18(14-16)22(30)27-11-9-26(10-12-27)21(29)17-7-5-15(24)13-19(17)23/h5-8,13-14H,3-4,9-12H2,1-2H3. The van der Waals surface area contributed by atoms with Crippen molar-refractivity contribution in [2.45, 2.75) is 18.7 Å². The zero-order valence-corrected chi connectivity index (χ0v) is 19.8. The molecule has 0 N–H and O–H groups in total. The van der Waals surface area contributed by atoms with Crippen molar-refractivity contribution in [1.29, 1.82) is 0 Å². The fraction of sp³-hybridized carbons (Fsp3) is 0.364. The van der Waals surface area contributed by atoms with Crippen LogP contribution in [-0.4, -0.2) is 73.6 Å². The lowest BCUT2D eigenvalue weighted by molar-refractivity contribution is 0.0532. The lowest BCUT2D eigenvalue weighted by Crippen LogP contribution is -2.50. The van der Waals surface area contributed by atoms with Crippen LogP contribution in [0.2, 0.25) is 5.02 Å². The van der Waals surface area contributed by atoms with E-state index >= 15 is 0 Å². The van der Waals surface area contributed by atoms with Crippen LogP contribution in [0, 0.1) is 11.6 Å². The summed E-state index contributed by atoms with van der Waals surface area (Å²) in [7, 11) is -3.86. The average molecular weight is 500 g/mol. The Morgan fingerprint density at radius 3 is 1.97 bits per heavy atom. The summed E-state index contributed by atoms with van der Waals surface area (Å²) in [6.45, 7) is 4.44. The lowest BCUT2D eigenvalue weighted by atomic mass is 10.1. The number of piperazine rings is 1. The Bertz CT molecular complexity index is 1160. The fourth-order valence-corrected chi connectivity index (χ4v) is 5.39. The normalized spacial score (nSPS) is 14.6. The molecule has 3 rings (SSSR count). The maximum atomic E-state index is 14.5. The van der Waals surface area contributed by atoms with Crippen LogP contribution in [0.5, 0.6) is 0 Å². The molecule has 1 aliphatic heterocycles. The Kier molecular flexibility index (Phi) is 7.71. The maximum Gasteiger partial charge on any atom is 0.256 e. The number of sulfonamides is 1. The van der Waals surface area contributed by atoms with E-state index in [2.05, 4.69) is 0 Å². The molecule has 0 saturated carbocycles. The van der Waals surface area contributed by atoms with Gasteiger partial charge in [-0.25, -0.2) is 17.2 Å². The molecule has 2 aromatic carbocycles. The molecule has 1 fully saturated rings. The molecule has 2 aromatic rings. The highest BCUT2D eigenvalue weighted by Gasteiger charge is 2.29. The molecule has 178 valence electrons. The molecule has 2 amide bonds. The molecule has 0 spiro atoms. The average Bonchev–Trinajstić information content (AvgIpc) is 2.79. The van der Waals surface area contributed by atoms with Gasteiger partial charge in [0.25, 0.3) is 11.8 Å². The number of halogens is 3. The molecule has 0 aromatic heterocycles. The molecule has 0 radical (unpaired) electrons. The molecule has 0 bridgehead atoms. The smallest absolute Gasteiger partial charge is 0.256 e. The van der Waals surface area contributed by atoms with Crippen LogP contribution >= 0.6 is 11.6 Å². The van der Waals surface area contributed by atoms with Gasteiger partial charge >= 0.3 is 0 Å². The van der Waals surface area contributed by atoms with Crippen molar-refractivity contribution in [1.82, 2.24) is 14.1 Å². The Balaban J connectivity index is 1.75. The molecule has 0 aliphatic carbocycles. The number of nitrogens with zero attached hydrogens (tertiary/aromatic N) is 3. The third-order valence-electron chi connectivity index (χ3n) is 5.53. The van der Waals surface area contributed by atoms with Crippen LogP contribution in [0.25, 0.3) is 0 Å². The largest absolute Gasteiger partial charge is 0.335 e. The van der Waals surface area contributed by atoms with Gasteiger partial charge in [0, 0.05) is 39.3 Å². The number of hydrogen-bond donors (Lipinski definition) is 0. The summed E-state index contributed by atoms with van der Waals surface area (Å²) in [6, 6.07) is 6.66. The molecule has 0 atom stereocenters. The van der Waals surface area contributed by atoms with Crippen LogP contribution in [0.1, 0.15) is 34.6 Å². The maximum absolute atomic E-state index is 14.5. The van der Waals surface area contributed by atoms with E-state index in [1.165, 1.54) is 20.2 Å². The Hall–Kier alpha value is -2.56. The van der Waals surface area contributed by atoms with Gasteiger partial charge in [-0.1, -0.05) is 25.4 Å². The Morgan fingerprint density at radius 2 is 1.45 bits per heavy atom. The van der Waals surface area contributed by atoms with Gasteiger partial charge in [-0.15, -0.1) is 0 Å². The van der Waals surface area contributed by atoms with Gasteiger partial charge in [-0.2, -0.15) is 4.31 Å². The van der Waals surface area contributed by atoms with Crippen molar-refractivity contribution < 1.29 is 26.8 Å². The van der Waals surface area contributed by atoms with E-state index in [9.17, 15) is 26.8 Å². The van der Waals surface area contributed by atoms with Crippen LogP contribution < -0.4 is 0 Å². The molecular formula is C22H24ClF2N3O4S. The number of benzene rings is 2. The first-order valence-electron chi connectivity index (χ1n) is 10.4. The number of carbonyl (C=O) groups excluding carboxylic acids is 2. The van der Waals surface area contributed by atoms with E-state index in [1.54, 1.807) is 13.8 Å². The highest BCUT2D eigenvalue weighted by atomic mass is 35.5. The Morgan fingerprint density at radius 1 is 0.909 bits per heavy atom. The monoisotopic (exact) mass is 499 g/mol. The highest BCUT2D eigenvalue weighted by Crippen LogP contribution is 2.23. The van der Waals surface area contributed by atoms with E-state index in [0.29, 0.717) is 0 Å². The molecule has 1 heterocycles. The predicted molar refractivity (Wildman–Crippen MR) is 120 cm³/mol. The summed E-state index contributed by atoms with van der Waals surface area (Å²) in [4.78, 5) is 28.3. The van der Waals surface area contributed by atoms with E-state index in [1.807, 2.05) is 0 Å². The summed E-state index contributed by atoms with van der Waals surface area (Å²) >= 11 is 5.97. The van der Waals surface area contributed by atoms with E-state index in [0.717, 1.165) is 30.3 Å². The van der Waals surface area contributed by atoms with Gasteiger partial charge in [0.1, 0.15) is 11.6 Å². The number of rotatable bonds is 6. The molecule has 0 unspecified atom stereocenters. The van der Waals surface area contributed by atoms with Crippen molar-refractivity contribution in [2.24, 2.45) is 0 Å². The van der Waals surface area contributed by atoms with Gasteiger partial charge in [0.15, 0.2) is 0 Å². The second-order valence-corrected chi connectivity index (χ2v) is 9.78. The first-order valence-corrected chi connectivity index (χ1v) is 12.2. The summed E-state index contributed by atoms with van der Waals surface area (Å²) in [5.74, 6) is -2.43. The first-order chi connectivity index (χ1) is 15.6. The van der Waals surface area contributed by atoms with E-state index in [-0.39, 0.29) is 60.3 Å². The third-order valence-corrected chi connectivity index (χ3v) is 7.89. The summed E-state index contributed by atoms with van der Waals surface area (Å²) in [5.41, 5.74) is -0.192. The minimum Gasteiger partial charge on any atom is -0.335 e. The fourth-order valence-electron chi connectivity index (χ4n) is 3.66. The molecule has 11 heteroatoms. The molecule has 1 aliphatic rings. The van der Waals surface area contributed by atoms with E-state index < -0.39 is 33.5 Å². The first kappa shape index (κ1) is 25.1. The van der Waals surface area contributed by atoms with Crippen molar-refractivity contribution in [3.05, 3.63) is 64.2 Å². The van der Waals surface area contributed by atoms with Gasteiger partial charge in [-0.3, -0.25) is 9.59 Å². The SMILES string of the molecule is CCN(CC)S(=O)(=O)c1ccc(F)c(C(=O)N2CCN(C(=O)c3ccc(F)cc3Cl)CC2)c1. The zero-order chi connectivity index (χ0) is 24.3. The molecule has 1 saturated heterocycles. The third kappa shape index (κ3) is 5.18. The molecule has 33 heavy (non-hydrogen) atoms. The quantitative estimate of drug-likeness (QED) is 0.611. The zero-order valence-electron chi connectivity index (χ0n) is 18.2. The predicted octanol–water partition coefficient (Wildman–Crippen LogP) is 3.25. The van der Waals surface area contributed by atoms with Crippen molar-refractivity contribution in [2.75, 3.05) is 39.3 Å². The summed E-state index contributed by atoms with van der Waals surface area (Å²) in [5, 5.41) is -0.00759. The van der Waals surface area contributed by atoms with Crippen molar-refractivity contribution in [3.63, 3.8) is 0 Å². The van der Waals surface area contributed by atoms with E-state index in [4.69, 9.17) is 11.6 Å². The van der Waals surface area contributed by atoms with Crippen LogP contribution in [0.4, 0.5) is 8.78 Å².